The molecule has 4 aliphatic rings. The summed E-state index contributed by atoms with van der Waals surface area (Å²) in [5.74, 6) is 0.241. The van der Waals surface area contributed by atoms with Crippen LogP contribution < -0.4 is 0 Å². The smallest absolute Gasteiger partial charge is 0.161 e. The Morgan fingerprint density at radius 1 is 1.13 bits per heavy atom. The average Bonchev–Trinajstić information content (AvgIpc) is 3.31. The summed E-state index contributed by atoms with van der Waals surface area (Å²) in [4.78, 5) is 12.7. The molecule has 162 valence electrons. The number of carbonyl (C=O) groups is 1. The van der Waals surface area contributed by atoms with Gasteiger partial charge in [-0.3, -0.25) is 4.79 Å². The van der Waals surface area contributed by atoms with Crippen LogP contribution >= 0.6 is 0 Å². The van der Waals surface area contributed by atoms with E-state index in [1.165, 1.54) is 11.1 Å². The molecule has 0 spiro atoms. The van der Waals surface area contributed by atoms with Crippen molar-refractivity contribution in [1.29, 1.82) is 0 Å². The maximum atomic E-state index is 12.7. The second-order valence-electron chi connectivity index (χ2n) is 11.5. The lowest BCUT2D eigenvalue weighted by molar-refractivity contribution is -0.216. The Bertz CT molecular complexity index is 940. The van der Waals surface area contributed by atoms with E-state index < -0.39 is 23.0 Å². The van der Waals surface area contributed by atoms with Gasteiger partial charge < -0.3 is 14.6 Å². The first kappa shape index (κ1) is 20.3. The molecule has 1 aromatic heterocycles. The van der Waals surface area contributed by atoms with Crippen LogP contribution in [0.1, 0.15) is 65.4 Å². The molecule has 4 heteroatoms. The van der Waals surface area contributed by atoms with Gasteiger partial charge in [-0.15, -0.1) is 0 Å². The Balaban J connectivity index is 1.64. The number of aliphatic hydroxyl groups excluding tert-OH is 2. The third-order valence-corrected chi connectivity index (χ3v) is 9.85. The van der Waals surface area contributed by atoms with Gasteiger partial charge in [-0.25, -0.2) is 0 Å². The van der Waals surface area contributed by atoms with Crippen LogP contribution in [0.5, 0.6) is 0 Å². The van der Waals surface area contributed by atoms with Gasteiger partial charge in [0, 0.05) is 16.7 Å². The van der Waals surface area contributed by atoms with Crippen molar-refractivity contribution >= 4 is 5.78 Å². The molecule has 0 aromatic carbocycles. The van der Waals surface area contributed by atoms with E-state index in [9.17, 15) is 15.0 Å². The van der Waals surface area contributed by atoms with Crippen molar-refractivity contribution in [1.82, 2.24) is 0 Å². The zero-order chi connectivity index (χ0) is 21.7. The lowest BCUT2D eigenvalue weighted by Crippen LogP contribution is -2.69. The van der Waals surface area contributed by atoms with E-state index in [4.69, 9.17) is 4.42 Å². The highest BCUT2D eigenvalue weighted by Crippen LogP contribution is 2.72. The highest BCUT2D eigenvalue weighted by molar-refractivity contribution is 5.96. The summed E-state index contributed by atoms with van der Waals surface area (Å²) < 4.78 is 5.39. The highest BCUT2D eigenvalue weighted by atomic mass is 16.3. The predicted octanol–water partition coefficient (Wildman–Crippen LogP) is 4.64. The van der Waals surface area contributed by atoms with Crippen LogP contribution in [-0.2, 0) is 4.79 Å². The molecule has 2 N–H and O–H groups in total. The monoisotopic (exact) mass is 410 g/mol. The van der Waals surface area contributed by atoms with Crippen molar-refractivity contribution in [3.8, 4) is 0 Å². The third-order valence-electron chi connectivity index (χ3n) is 9.85. The maximum absolute atomic E-state index is 12.7. The minimum Gasteiger partial charge on any atom is -0.472 e. The van der Waals surface area contributed by atoms with Crippen molar-refractivity contribution in [3.05, 3.63) is 48.0 Å². The van der Waals surface area contributed by atoms with Gasteiger partial charge in [-0.1, -0.05) is 52.3 Å². The molecular weight excluding hydrogens is 376 g/mol. The molecule has 5 rings (SSSR count). The Hall–Kier alpha value is -1.65. The number of aliphatic hydroxyl groups is 2. The molecule has 0 radical (unpaired) electrons. The third kappa shape index (κ3) is 2.17. The van der Waals surface area contributed by atoms with Crippen molar-refractivity contribution in [2.75, 3.05) is 0 Å². The number of hydrogen-bond acceptors (Lipinski definition) is 4. The van der Waals surface area contributed by atoms with Crippen LogP contribution in [0.2, 0.25) is 0 Å². The van der Waals surface area contributed by atoms with E-state index >= 15 is 0 Å². The second kappa shape index (κ2) is 5.98. The minimum absolute atomic E-state index is 0.0422. The molecule has 4 aliphatic carbocycles. The largest absolute Gasteiger partial charge is 0.472 e. The number of rotatable bonds is 1. The summed E-state index contributed by atoms with van der Waals surface area (Å²) in [6, 6.07) is 2.06. The predicted molar refractivity (Wildman–Crippen MR) is 115 cm³/mol. The molecule has 0 unspecified atom stereocenters. The fourth-order valence-corrected chi connectivity index (χ4v) is 8.46. The Morgan fingerprint density at radius 2 is 1.87 bits per heavy atom. The van der Waals surface area contributed by atoms with Crippen LogP contribution in [0.4, 0.5) is 0 Å². The van der Waals surface area contributed by atoms with Gasteiger partial charge >= 0.3 is 0 Å². The number of furan rings is 1. The first-order valence-corrected chi connectivity index (χ1v) is 11.3. The second-order valence-corrected chi connectivity index (χ2v) is 11.5. The lowest BCUT2D eigenvalue weighted by atomic mass is 9.38. The Labute approximate surface area is 179 Å². The normalized spacial score (nSPS) is 49.2. The summed E-state index contributed by atoms with van der Waals surface area (Å²) in [5.41, 5.74) is 0.854. The molecule has 30 heavy (non-hydrogen) atoms. The number of ketones is 1. The van der Waals surface area contributed by atoms with E-state index in [-0.39, 0.29) is 28.4 Å². The van der Waals surface area contributed by atoms with Gasteiger partial charge in [-0.2, -0.15) is 0 Å². The summed E-state index contributed by atoms with van der Waals surface area (Å²) in [6.07, 6.45) is 10.8. The van der Waals surface area contributed by atoms with E-state index in [1.807, 2.05) is 20.1 Å². The number of hydrogen-bond donors (Lipinski definition) is 2. The molecule has 0 aliphatic heterocycles. The van der Waals surface area contributed by atoms with Crippen molar-refractivity contribution in [3.63, 3.8) is 0 Å². The fraction of sp³-hybridized carbons (Fsp3) is 0.654. The van der Waals surface area contributed by atoms with Gasteiger partial charge in [0.25, 0.3) is 0 Å². The van der Waals surface area contributed by atoms with Crippen LogP contribution in [-0.4, -0.2) is 28.2 Å². The molecule has 8 atom stereocenters. The van der Waals surface area contributed by atoms with E-state index in [0.717, 1.165) is 19.3 Å². The van der Waals surface area contributed by atoms with E-state index in [2.05, 4.69) is 39.0 Å². The minimum atomic E-state index is -0.948. The Morgan fingerprint density at radius 3 is 2.53 bits per heavy atom. The quantitative estimate of drug-likeness (QED) is 0.662. The number of allylic oxidation sites excluding steroid dienone is 3. The molecule has 0 saturated heterocycles. The van der Waals surface area contributed by atoms with Crippen LogP contribution in [0.25, 0.3) is 0 Å². The molecule has 0 amide bonds. The van der Waals surface area contributed by atoms with Gasteiger partial charge in [0.15, 0.2) is 5.78 Å². The van der Waals surface area contributed by atoms with Crippen LogP contribution in [0, 0.1) is 33.5 Å². The molecule has 1 aromatic rings. The maximum Gasteiger partial charge on any atom is 0.161 e. The van der Waals surface area contributed by atoms with Gasteiger partial charge in [0.05, 0.1) is 24.7 Å². The van der Waals surface area contributed by atoms with Crippen LogP contribution in [0.15, 0.2) is 46.8 Å². The first-order chi connectivity index (χ1) is 14.0. The SMILES string of the molecule is CC1(C)C(=O)C=C[C@]2(C)[C@H]3CC[C@]4(C)C(=CC[C@H]4c4ccoc4)[C@]3(C)[C@H](O)[C@H](O)[C@@H]12. The van der Waals surface area contributed by atoms with E-state index in [1.54, 1.807) is 12.3 Å². The van der Waals surface area contributed by atoms with Crippen molar-refractivity contribution in [2.45, 2.75) is 72.0 Å². The zero-order valence-corrected chi connectivity index (χ0v) is 18.7. The van der Waals surface area contributed by atoms with Gasteiger partial charge in [0.2, 0.25) is 0 Å². The first-order valence-electron chi connectivity index (χ1n) is 11.3. The summed E-state index contributed by atoms with van der Waals surface area (Å²) in [6.45, 7) is 10.5. The molecule has 4 nitrogen and oxygen atoms in total. The van der Waals surface area contributed by atoms with Crippen molar-refractivity contribution in [2.24, 2.45) is 33.5 Å². The van der Waals surface area contributed by atoms with Gasteiger partial charge in [0.1, 0.15) is 0 Å². The highest BCUT2D eigenvalue weighted by Gasteiger charge is 2.70. The van der Waals surface area contributed by atoms with Crippen LogP contribution in [0.3, 0.4) is 0 Å². The Kier molecular flexibility index (Phi) is 4.04. The van der Waals surface area contributed by atoms with Crippen molar-refractivity contribution < 1.29 is 19.4 Å². The topological polar surface area (TPSA) is 70.7 Å². The molecular formula is C26H34O4. The van der Waals surface area contributed by atoms with Gasteiger partial charge in [-0.05, 0) is 59.6 Å². The summed E-state index contributed by atoms with van der Waals surface area (Å²) in [7, 11) is 0. The molecule has 1 heterocycles. The molecule has 0 bridgehead atoms. The van der Waals surface area contributed by atoms with E-state index in [0.29, 0.717) is 5.92 Å². The standard InChI is InChI=1S/C26H34O4/c1-23(2)19(27)9-12-25(4)18-8-11-24(3)16(15-10-13-30-14-15)6-7-17(24)26(18,5)22(29)20(28)21(23)25/h7,9-10,12-14,16,18,20-22,28-29H,6,8,11H2,1-5H3/t16-,18+,20+,21-,22+,24-,25+,26-/m0/s1. The fourth-order valence-electron chi connectivity index (χ4n) is 8.46. The molecule has 2 saturated carbocycles. The lowest BCUT2D eigenvalue weighted by Gasteiger charge is -2.67. The molecule has 2 fully saturated rings. The average molecular weight is 411 g/mol. The number of fused-ring (bicyclic) bond motifs is 5. The number of carbonyl (C=O) groups excluding carboxylic acids is 1. The summed E-state index contributed by atoms with van der Waals surface area (Å²) >= 11 is 0. The summed E-state index contributed by atoms with van der Waals surface area (Å²) in [5, 5.41) is 23.1. The zero-order valence-electron chi connectivity index (χ0n) is 18.7.